The summed E-state index contributed by atoms with van der Waals surface area (Å²) in [5.41, 5.74) is 0.242. The fourth-order valence-electron chi connectivity index (χ4n) is 2.59. The maximum atomic E-state index is 6.18. The molecule has 1 unspecified atom stereocenters. The average molecular weight is 136 g/mol. The van der Waals surface area contributed by atoms with E-state index in [1.807, 2.05) is 0 Å². The lowest BCUT2D eigenvalue weighted by Gasteiger charge is -2.29. The van der Waals surface area contributed by atoms with Crippen molar-refractivity contribution in [2.24, 2.45) is 17.3 Å². The zero-order valence-electron chi connectivity index (χ0n) is 6.77. The minimum atomic E-state index is 0.242. The summed E-state index contributed by atoms with van der Waals surface area (Å²) in [7, 11) is 0. The number of hydrogen-bond acceptors (Lipinski definition) is 0. The van der Waals surface area contributed by atoms with E-state index in [9.17, 15) is 0 Å². The van der Waals surface area contributed by atoms with Crippen molar-refractivity contribution < 1.29 is 0 Å². The van der Waals surface area contributed by atoms with Crippen LogP contribution in [-0.2, 0) is 0 Å². The van der Waals surface area contributed by atoms with Crippen LogP contribution in [0.4, 0.5) is 0 Å². The molecule has 0 N–H and O–H groups in total. The first-order valence-electron chi connectivity index (χ1n) is 4.52. The number of rotatable bonds is 1. The molecule has 2 saturated carbocycles. The first kappa shape index (κ1) is 6.69. The predicted octanol–water partition coefficient (Wildman–Crippen LogP) is 2.91. The lowest BCUT2D eigenvalue weighted by molar-refractivity contribution is 0.219. The van der Waals surface area contributed by atoms with E-state index in [1.165, 1.54) is 32.1 Å². The van der Waals surface area contributed by atoms with Crippen LogP contribution < -0.4 is 0 Å². The number of fused-ring (bicyclic) bond motifs is 1. The van der Waals surface area contributed by atoms with E-state index < -0.39 is 0 Å². The molecule has 0 spiro atoms. The van der Waals surface area contributed by atoms with Gasteiger partial charge in [-0.25, -0.2) is 0 Å². The molecule has 0 aliphatic heterocycles. The molecular formula is C10H16. The van der Waals surface area contributed by atoms with Crippen LogP contribution in [0.15, 0.2) is 0 Å². The van der Waals surface area contributed by atoms with Gasteiger partial charge >= 0.3 is 0 Å². The molecule has 0 heterocycles. The fraction of sp³-hybridized carbons (Fsp3) is 0.900. The van der Waals surface area contributed by atoms with Gasteiger partial charge in [-0.15, -0.1) is 0 Å². The second-order valence-electron chi connectivity index (χ2n) is 4.22. The van der Waals surface area contributed by atoms with Crippen molar-refractivity contribution in [2.75, 3.05) is 0 Å². The molecule has 0 aromatic carbocycles. The van der Waals surface area contributed by atoms with E-state index in [0.717, 1.165) is 11.8 Å². The highest BCUT2D eigenvalue weighted by molar-refractivity contribution is 4.99. The summed E-state index contributed by atoms with van der Waals surface area (Å²) in [5, 5.41) is 0. The van der Waals surface area contributed by atoms with Gasteiger partial charge in [0, 0.05) is 0 Å². The van der Waals surface area contributed by atoms with Crippen molar-refractivity contribution in [3.8, 4) is 0 Å². The molecule has 2 aliphatic carbocycles. The molecule has 0 aromatic rings. The van der Waals surface area contributed by atoms with Gasteiger partial charge in [-0.2, -0.15) is 0 Å². The zero-order chi connectivity index (χ0) is 7.19. The second-order valence-corrected chi connectivity index (χ2v) is 4.22. The van der Waals surface area contributed by atoms with Gasteiger partial charge in [0.25, 0.3) is 0 Å². The summed E-state index contributed by atoms with van der Waals surface area (Å²) in [4.78, 5) is 0. The topological polar surface area (TPSA) is 0 Å². The Morgan fingerprint density at radius 3 is 2.10 bits per heavy atom. The molecule has 0 amide bonds. The molecule has 2 fully saturated rings. The molecule has 0 saturated heterocycles. The Morgan fingerprint density at radius 2 is 1.80 bits per heavy atom. The van der Waals surface area contributed by atoms with Gasteiger partial charge in [0.15, 0.2) is 0 Å². The van der Waals surface area contributed by atoms with Gasteiger partial charge in [0.2, 0.25) is 0 Å². The average Bonchev–Trinajstić information content (AvgIpc) is 2.13. The van der Waals surface area contributed by atoms with Crippen LogP contribution in [0.1, 0.15) is 39.0 Å². The van der Waals surface area contributed by atoms with E-state index in [4.69, 9.17) is 6.92 Å². The van der Waals surface area contributed by atoms with Crippen LogP contribution in [0.25, 0.3) is 0 Å². The third kappa shape index (κ3) is 0.810. The zero-order valence-corrected chi connectivity index (χ0v) is 6.77. The smallest absolute Gasteiger partial charge is 0.0260 e. The molecule has 56 valence electrons. The van der Waals surface area contributed by atoms with E-state index in [0.29, 0.717) is 0 Å². The largest absolute Gasteiger partial charge is 0.0648 e. The molecule has 0 heteroatoms. The van der Waals surface area contributed by atoms with Crippen molar-refractivity contribution in [1.29, 1.82) is 0 Å². The van der Waals surface area contributed by atoms with E-state index in [2.05, 4.69) is 6.92 Å². The second kappa shape index (κ2) is 1.99. The van der Waals surface area contributed by atoms with Gasteiger partial charge in [0.1, 0.15) is 0 Å². The van der Waals surface area contributed by atoms with Crippen molar-refractivity contribution in [3.63, 3.8) is 0 Å². The molecule has 10 heavy (non-hydrogen) atoms. The van der Waals surface area contributed by atoms with Crippen LogP contribution in [0.2, 0.25) is 0 Å². The Kier molecular flexibility index (Phi) is 1.33. The SMILES string of the molecule is [CH]C1(CC)C[C@H]2CC[C@H]2C1. The first-order chi connectivity index (χ1) is 4.73. The quantitative estimate of drug-likeness (QED) is 0.520. The lowest BCUT2D eigenvalue weighted by atomic mass is 9.77. The Morgan fingerprint density at radius 1 is 1.30 bits per heavy atom. The lowest BCUT2D eigenvalue weighted by Crippen LogP contribution is -2.18. The summed E-state index contributed by atoms with van der Waals surface area (Å²) in [6.45, 7) is 8.41. The third-order valence-electron chi connectivity index (χ3n) is 3.62. The first-order valence-corrected chi connectivity index (χ1v) is 4.52. The molecule has 3 atom stereocenters. The van der Waals surface area contributed by atoms with Crippen LogP contribution in [-0.4, -0.2) is 0 Å². The van der Waals surface area contributed by atoms with E-state index >= 15 is 0 Å². The van der Waals surface area contributed by atoms with Crippen LogP contribution in [0, 0.1) is 24.2 Å². The monoisotopic (exact) mass is 136 g/mol. The van der Waals surface area contributed by atoms with Crippen molar-refractivity contribution in [1.82, 2.24) is 0 Å². The predicted molar refractivity (Wildman–Crippen MR) is 42.5 cm³/mol. The van der Waals surface area contributed by atoms with Crippen molar-refractivity contribution >= 4 is 0 Å². The summed E-state index contributed by atoms with van der Waals surface area (Å²) in [5.74, 6) is 2.04. The van der Waals surface area contributed by atoms with Gasteiger partial charge in [-0.05, 0) is 49.9 Å². The highest BCUT2D eigenvalue weighted by atomic mass is 14.5. The van der Waals surface area contributed by atoms with Crippen LogP contribution in [0.5, 0.6) is 0 Å². The van der Waals surface area contributed by atoms with Crippen molar-refractivity contribution in [2.45, 2.75) is 39.0 Å². The summed E-state index contributed by atoms with van der Waals surface area (Å²) in [6.07, 6.45) is 6.73. The van der Waals surface area contributed by atoms with Crippen LogP contribution in [0.3, 0.4) is 0 Å². The maximum Gasteiger partial charge on any atom is -0.0260 e. The third-order valence-corrected chi connectivity index (χ3v) is 3.62. The summed E-state index contributed by atoms with van der Waals surface area (Å²) < 4.78 is 0. The Bertz CT molecular complexity index is 125. The minimum Gasteiger partial charge on any atom is -0.0648 e. The normalized spacial score (nSPS) is 52.2. The maximum absolute atomic E-state index is 6.18. The molecule has 2 radical (unpaired) electrons. The highest BCUT2D eigenvalue weighted by Gasteiger charge is 2.45. The summed E-state index contributed by atoms with van der Waals surface area (Å²) >= 11 is 0. The molecule has 0 nitrogen and oxygen atoms in total. The highest BCUT2D eigenvalue weighted by Crippen LogP contribution is 2.56. The fourth-order valence-corrected chi connectivity index (χ4v) is 2.59. The van der Waals surface area contributed by atoms with Gasteiger partial charge in [-0.1, -0.05) is 13.3 Å². The van der Waals surface area contributed by atoms with Gasteiger partial charge in [0.05, 0.1) is 0 Å². The Labute approximate surface area is 64.0 Å². The molecular weight excluding hydrogens is 120 g/mol. The van der Waals surface area contributed by atoms with Crippen LogP contribution >= 0.6 is 0 Å². The van der Waals surface area contributed by atoms with E-state index in [1.54, 1.807) is 0 Å². The molecule has 0 bridgehead atoms. The number of hydrogen-bond donors (Lipinski definition) is 0. The molecule has 0 aromatic heterocycles. The molecule has 2 rings (SSSR count). The summed E-state index contributed by atoms with van der Waals surface area (Å²) in [6, 6.07) is 0. The van der Waals surface area contributed by atoms with Crippen molar-refractivity contribution in [3.05, 3.63) is 6.92 Å². The van der Waals surface area contributed by atoms with Gasteiger partial charge in [-0.3, -0.25) is 0 Å². The van der Waals surface area contributed by atoms with E-state index in [-0.39, 0.29) is 5.41 Å². The molecule has 2 aliphatic rings. The van der Waals surface area contributed by atoms with Gasteiger partial charge < -0.3 is 0 Å². The Hall–Kier alpha value is 0. The minimum absolute atomic E-state index is 0.242. The Balaban J connectivity index is 2.03. The standard InChI is InChI=1S/C10H16/c1-3-10(2)6-8-4-5-9(8)7-10/h2,8-9H,3-7H2,1H3/t8-,9+,10?.